The zero-order valence-electron chi connectivity index (χ0n) is 8.90. The van der Waals surface area contributed by atoms with Gasteiger partial charge in [-0.1, -0.05) is 0 Å². The molecule has 0 bridgehead atoms. The van der Waals surface area contributed by atoms with E-state index >= 15 is 0 Å². The number of rotatable bonds is 4. The van der Waals surface area contributed by atoms with Gasteiger partial charge in [0.05, 0.1) is 24.1 Å². The molecular formula is C10H14N4O. The number of pyridine rings is 1. The molecule has 0 amide bonds. The number of aromatic nitrogens is 1. The summed E-state index contributed by atoms with van der Waals surface area (Å²) in [6, 6.07) is 3.69. The van der Waals surface area contributed by atoms with Crippen LogP contribution in [-0.4, -0.2) is 32.3 Å². The van der Waals surface area contributed by atoms with Crippen molar-refractivity contribution in [3.63, 3.8) is 0 Å². The van der Waals surface area contributed by atoms with E-state index in [0.717, 1.165) is 0 Å². The van der Waals surface area contributed by atoms with Crippen molar-refractivity contribution in [2.24, 2.45) is 0 Å². The van der Waals surface area contributed by atoms with Crippen LogP contribution in [0.2, 0.25) is 0 Å². The van der Waals surface area contributed by atoms with Gasteiger partial charge in [-0.3, -0.25) is 0 Å². The molecular weight excluding hydrogens is 192 g/mol. The molecule has 0 fully saturated rings. The number of likely N-dealkylation sites (N-methyl/N-ethyl adjacent to an activating group) is 1. The Morgan fingerprint density at radius 2 is 2.40 bits per heavy atom. The Labute approximate surface area is 89.1 Å². The van der Waals surface area contributed by atoms with Crippen LogP contribution in [0.5, 0.6) is 0 Å². The van der Waals surface area contributed by atoms with Gasteiger partial charge in [-0.2, -0.15) is 5.26 Å². The molecule has 15 heavy (non-hydrogen) atoms. The van der Waals surface area contributed by atoms with Crippen molar-refractivity contribution < 1.29 is 4.74 Å². The quantitative estimate of drug-likeness (QED) is 0.781. The third kappa shape index (κ3) is 2.82. The average Bonchev–Trinajstić information content (AvgIpc) is 2.25. The highest BCUT2D eigenvalue weighted by Crippen LogP contribution is 2.17. The zero-order valence-corrected chi connectivity index (χ0v) is 8.90. The second-order valence-corrected chi connectivity index (χ2v) is 3.17. The fourth-order valence-electron chi connectivity index (χ4n) is 1.19. The summed E-state index contributed by atoms with van der Waals surface area (Å²) in [7, 11) is 3.49. The highest BCUT2D eigenvalue weighted by Gasteiger charge is 2.08. The van der Waals surface area contributed by atoms with Gasteiger partial charge in [0.2, 0.25) is 0 Å². The lowest BCUT2D eigenvalue weighted by molar-refractivity contribution is 0.206. The minimum atomic E-state index is 0.480. The van der Waals surface area contributed by atoms with Gasteiger partial charge in [-0.15, -0.1) is 0 Å². The summed E-state index contributed by atoms with van der Waals surface area (Å²) in [5.74, 6) is 0.628. The van der Waals surface area contributed by atoms with Gasteiger partial charge >= 0.3 is 0 Å². The van der Waals surface area contributed by atoms with E-state index in [2.05, 4.69) is 11.1 Å². The molecule has 0 atom stereocenters. The smallest absolute Gasteiger partial charge is 0.146 e. The fourth-order valence-corrected chi connectivity index (χ4v) is 1.19. The Morgan fingerprint density at radius 3 is 3.00 bits per heavy atom. The Kier molecular flexibility index (Phi) is 3.89. The minimum Gasteiger partial charge on any atom is -0.397 e. The molecule has 0 aliphatic heterocycles. The summed E-state index contributed by atoms with van der Waals surface area (Å²) in [5.41, 5.74) is 6.52. The summed E-state index contributed by atoms with van der Waals surface area (Å²) in [6.45, 7) is 1.27. The van der Waals surface area contributed by atoms with Gasteiger partial charge in [0.25, 0.3) is 0 Å². The lowest BCUT2D eigenvalue weighted by Crippen LogP contribution is -2.24. The molecule has 5 heteroatoms. The zero-order chi connectivity index (χ0) is 11.3. The summed E-state index contributed by atoms with van der Waals surface area (Å²) < 4.78 is 4.95. The number of nitrogen functional groups attached to an aromatic ring is 1. The maximum Gasteiger partial charge on any atom is 0.146 e. The van der Waals surface area contributed by atoms with Gasteiger partial charge in [-0.25, -0.2) is 4.98 Å². The highest BCUT2D eigenvalue weighted by molar-refractivity contribution is 5.58. The summed E-state index contributed by atoms with van der Waals surface area (Å²) >= 11 is 0. The van der Waals surface area contributed by atoms with Crippen LogP contribution < -0.4 is 10.6 Å². The maximum atomic E-state index is 8.91. The number of hydrogen-bond acceptors (Lipinski definition) is 5. The predicted molar refractivity (Wildman–Crippen MR) is 58.5 cm³/mol. The summed E-state index contributed by atoms with van der Waals surface area (Å²) in [5, 5.41) is 8.91. The van der Waals surface area contributed by atoms with Crippen molar-refractivity contribution in [1.82, 2.24) is 4.98 Å². The number of ether oxygens (including phenoxy) is 1. The third-order valence-electron chi connectivity index (χ3n) is 2.00. The molecule has 0 aliphatic carbocycles. The minimum absolute atomic E-state index is 0.480. The van der Waals surface area contributed by atoms with Crippen LogP contribution in [0, 0.1) is 11.3 Å². The van der Waals surface area contributed by atoms with Crippen LogP contribution in [0.25, 0.3) is 0 Å². The Morgan fingerprint density at radius 1 is 1.67 bits per heavy atom. The molecule has 1 aromatic rings. The van der Waals surface area contributed by atoms with Crippen LogP contribution in [0.1, 0.15) is 5.56 Å². The first-order chi connectivity index (χ1) is 7.19. The van der Waals surface area contributed by atoms with Crippen molar-refractivity contribution >= 4 is 11.5 Å². The third-order valence-corrected chi connectivity index (χ3v) is 2.00. The van der Waals surface area contributed by atoms with E-state index in [1.807, 2.05) is 11.9 Å². The molecule has 0 spiro atoms. The molecule has 0 aliphatic rings. The fraction of sp³-hybridized carbons (Fsp3) is 0.400. The van der Waals surface area contributed by atoms with Crippen LogP contribution in [0.3, 0.4) is 0 Å². The number of nitrogens with two attached hydrogens (primary N) is 1. The SMILES string of the molecule is COCCN(C)c1ncc(N)cc1C#N. The van der Waals surface area contributed by atoms with Crippen LogP contribution in [0.15, 0.2) is 12.3 Å². The second-order valence-electron chi connectivity index (χ2n) is 3.17. The van der Waals surface area contributed by atoms with E-state index in [4.69, 9.17) is 15.7 Å². The Bertz CT molecular complexity index is 372. The first-order valence-electron chi connectivity index (χ1n) is 4.54. The molecule has 0 aromatic carbocycles. The topological polar surface area (TPSA) is 75.2 Å². The first kappa shape index (κ1) is 11.3. The van der Waals surface area contributed by atoms with Crippen LogP contribution >= 0.6 is 0 Å². The number of methoxy groups -OCH3 is 1. The maximum absolute atomic E-state index is 8.91. The number of hydrogen-bond donors (Lipinski definition) is 1. The van der Waals surface area contributed by atoms with Gasteiger partial charge in [-0.05, 0) is 6.07 Å². The Hall–Kier alpha value is -1.80. The molecule has 0 unspecified atom stereocenters. The molecule has 1 rings (SSSR count). The molecule has 0 saturated heterocycles. The molecule has 2 N–H and O–H groups in total. The van der Waals surface area contributed by atoms with Crippen molar-refractivity contribution in [2.75, 3.05) is 37.9 Å². The van der Waals surface area contributed by atoms with E-state index in [-0.39, 0.29) is 0 Å². The van der Waals surface area contributed by atoms with Crippen molar-refractivity contribution in [2.45, 2.75) is 0 Å². The first-order valence-corrected chi connectivity index (χ1v) is 4.54. The second kappa shape index (κ2) is 5.17. The van der Waals surface area contributed by atoms with E-state index < -0.39 is 0 Å². The molecule has 1 aromatic heterocycles. The molecule has 5 nitrogen and oxygen atoms in total. The van der Waals surface area contributed by atoms with Crippen LogP contribution in [0.4, 0.5) is 11.5 Å². The number of nitrogens with zero attached hydrogens (tertiary/aromatic N) is 3. The lowest BCUT2D eigenvalue weighted by Gasteiger charge is -2.18. The lowest BCUT2D eigenvalue weighted by atomic mass is 10.2. The predicted octanol–water partition coefficient (Wildman–Crippen LogP) is 0.618. The monoisotopic (exact) mass is 206 g/mol. The van der Waals surface area contributed by atoms with Crippen molar-refractivity contribution in [3.8, 4) is 6.07 Å². The normalized spacial score (nSPS) is 9.67. The average molecular weight is 206 g/mol. The highest BCUT2D eigenvalue weighted by atomic mass is 16.5. The molecule has 80 valence electrons. The summed E-state index contributed by atoms with van der Waals surface area (Å²) in [6.07, 6.45) is 1.54. The molecule has 1 heterocycles. The number of anilines is 2. The number of nitriles is 1. The summed E-state index contributed by atoms with van der Waals surface area (Å²) in [4.78, 5) is 5.99. The Balaban J connectivity index is 2.89. The van der Waals surface area contributed by atoms with Gasteiger partial charge in [0.15, 0.2) is 0 Å². The van der Waals surface area contributed by atoms with Gasteiger partial charge < -0.3 is 15.4 Å². The van der Waals surface area contributed by atoms with Gasteiger partial charge in [0.1, 0.15) is 11.9 Å². The van der Waals surface area contributed by atoms with Gasteiger partial charge in [0, 0.05) is 20.7 Å². The van der Waals surface area contributed by atoms with Crippen LogP contribution in [-0.2, 0) is 4.74 Å². The van der Waals surface area contributed by atoms with E-state index in [9.17, 15) is 0 Å². The van der Waals surface area contributed by atoms with E-state index in [1.165, 1.54) is 0 Å². The van der Waals surface area contributed by atoms with Crippen molar-refractivity contribution in [3.05, 3.63) is 17.8 Å². The largest absolute Gasteiger partial charge is 0.397 e. The standard InChI is InChI=1S/C10H14N4O/c1-14(3-4-15-2)10-8(6-11)5-9(12)7-13-10/h5,7H,3-4,12H2,1-2H3. The van der Waals surface area contributed by atoms with E-state index in [1.54, 1.807) is 19.4 Å². The van der Waals surface area contributed by atoms with Crippen molar-refractivity contribution in [1.29, 1.82) is 5.26 Å². The molecule has 0 radical (unpaired) electrons. The van der Waals surface area contributed by atoms with E-state index in [0.29, 0.717) is 30.2 Å². The molecule has 0 saturated carbocycles.